The van der Waals surface area contributed by atoms with Crippen LogP contribution >= 0.6 is 35.0 Å². The number of carbonyl (C=O) groups excluding carboxylic acids is 1. The molecule has 0 saturated heterocycles. The summed E-state index contributed by atoms with van der Waals surface area (Å²) in [7, 11) is 0. The number of benzene rings is 2. The van der Waals surface area contributed by atoms with E-state index in [9.17, 15) is 4.79 Å². The summed E-state index contributed by atoms with van der Waals surface area (Å²) in [6, 6.07) is 14.1. The second-order valence-electron chi connectivity index (χ2n) is 5.11. The van der Waals surface area contributed by atoms with E-state index in [4.69, 9.17) is 27.6 Å². The summed E-state index contributed by atoms with van der Waals surface area (Å²) in [6.45, 7) is 1.75. The van der Waals surface area contributed by atoms with Gasteiger partial charge in [0.2, 0.25) is 11.8 Å². The summed E-state index contributed by atoms with van der Waals surface area (Å²) < 4.78 is 5.60. The molecule has 0 bridgehead atoms. The number of aromatic nitrogens is 2. The van der Waals surface area contributed by atoms with Crippen LogP contribution in [0.4, 0.5) is 5.69 Å². The number of anilines is 1. The van der Waals surface area contributed by atoms with Crippen molar-refractivity contribution in [2.45, 2.75) is 17.4 Å². The highest BCUT2D eigenvalue weighted by atomic mass is 35.5. The largest absolute Gasteiger partial charge is 0.411 e. The Hall–Kier alpha value is -2.02. The quantitative estimate of drug-likeness (QED) is 0.606. The number of nitrogens with one attached hydrogen (secondary N) is 1. The van der Waals surface area contributed by atoms with Gasteiger partial charge < -0.3 is 9.73 Å². The average molecular weight is 394 g/mol. The van der Waals surface area contributed by atoms with Crippen molar-refractivity contribution in [1.82, 2.24) is 10.2 Å². The zero-order chi connectivity index (χ0) is 17.8. The summed E-state index contributed by atoms with van der Waals surface area (Å²) in [4.78, 5) is 12.3. The monoisotopic (exact) mass is 393 g/mol. The fourth-order valence-electron chi connectivity index (χ4n) is 1.97. The first-order valence-corrected chi connectivity index (χ1v) is 8.98. The minimum atomic E-state index is -0.435. The molecule has 2 aromatic carbocycles. The predicted octanol–water partition coefficient (Wildman–Crippen LogP) is 5.16. The molecule has 5 nitrogen and oxygen atoms in total. The molecular formula is C17H13Cl2N3O2S. The summed E-state index contributed by atoms with van der Waals surface area (Å²) in [6.07, 6.45) is 0. The van der Waals surface area contributed by atoms with E-state index < -0.39 is 5.25 Å². The first kappa shape index (κ1) is 17.8. The Kier molecular flexibility index (Phi) is 5.63. The molecule has 3 rings (SSSR count). The maximum atomic E-state index is 12.3. The molecule has 1 unspecified atom stereocenters. The van der Waals surface area contributed by atoms with Crippen LogP contribution < -0.4 is 5.32 Å². The molecule has 0 radical (unpaired) electrons. The van der Waals surface area contributed by atoms with E-state index in [0.29, 0.717) is 26.8 Å². The third-order valence-electron chi connectivity index (χ3n) is 3.28. The number of hydrogen-bond acceptors (Lipinski definition) is 5. The van der Waals surface area contributed by atoms with E-state index >= 15 is 0 Å². The van der Waals surface area contributed by atoms with Crippen molar-refractivity contribution in [1.29, 1.82) is 0 Å². The van der Waals surface area contributed by atoms with Crippen LogP contribution in [0, 0.1) is 0 Å². The number of rotatable bonds is 5. The fraction of sp³-hybridized carbons (Fsp3) is 0.118. The Bertz CT molecular complexity index is 884. The van der Waals surface area contributed by atoms with Gasteiger partial charge in [0.05, 0.1) is 16.0 Å². The van der Waals surface area contributed by atoms with Gasteiger partial charge in [0.1, 0.15) is 0 Å². The maximum absolute atomic E-state index is 12.3. The van der Waals surface area contributed by atoms with E-state index in [-0.39, 0.29) is 5.91 Å². The molecule has 0 fully saturated rings. The normalized spacial score (nSPS) is 12.0. The summed E-state index contributed by atoms with van der Waals surface area (Å²) in [5, 5.41) is 11.7. The topological polar surface area (TPSA) is 68.0 Å². The molecule has 1 atom stereocenters. The van der Waals surface area contributed by atoms with Crippen LogP contribution in [-0.2, 0) is 4.79 Å². The lowest BCUT2D eigenvalue weighted by atomic mass is 10.2. The van der Waals surface area contributed by atoms with Crippen molar-refractivity contribution in [3.8, 4) is 11.5 Å². The van der Waals surface area contributed by atoms with Crippen LogP contribution in [0.5, 0.6) is 0 Å². The third-order valence-corrected chi connectivity index (χ3v) is 4.79. The van der Waals surface area contributed by atoms with Crippen molar-refractivity contribution in [2.24, 2.45) is 0 Å². The highest BCUT2D eigenvalue weighted by molar-refractivity contribution is 8.00. The van der Waals surface area contributed by atoms with Gasteiger partial charge in [-0.2, -0.15) is 0 Å². The second-order valence-corrected chi connectivity index (χ2v) is 7.24. The van der Waals surface area contributed by atoms with Crippen LogP contribution in [0.2, 0.25) is 10.0 Å². The molecular weight excluding hydrogens is 381 g/mol. The van der Waals surface area contributed by atoms with Crippen molar-refractivity contribution < 1.29 is 9.21 Å². The average Bonchev–Trinajstić information content (AvgIpc) is 3.06. The minimum Gasteiger partial charge on any atom is -0.411 e. The number of thioether (sulfide) groups is 1. The van der Waals surface area contributed by atoms with Crippen molar-refractivity contribution in [3.63, 3.8) is 0 Å². The Morgan fingerprint density at radius 2 is 1.84 bits per heavy atom. The van der Waals surface area contributed by atoms with Gasteiger partial charge in [0.15, 0.2) is 0 Å². The molecule has 25 heavy (non-hydrogen) atoms. The van der Waals surface area contributed by atoms with E-state index in [0.717, 1.165) is 5.56 Å². The van der Waals surface area contributed by atoms with Gasteiger partial charge in [0.25, 0.3) is 5.22 Å². The van der Waals surface area contributed by atoms with Gasteiger partial charge in [-0.3, -0.25) is 4.79 Å². The van der Waals surface area contributed by atoms with Crippen molar-refractivity contribution in [2.75, 3.05) is 5.32 Å². The van der Waals surface area contributed by atoms with Crippen LogP contribution in [0.1, 0.15) is 6.92 Å². The maximum Gasteiger partial charge on any atom is 0.277 e. The SMILES string of the molecule is CC(Sc1nnc(-c2ccc(Cl)cc2)o1)C(=O)Nc1ccccc1Cl. The van der Waals surface area contributed by atoms with E-state index in [1.165, 1.54) is 11.8 Å². The van der Waals surface area contributed by atoms with Crippen molar-refractivity contribution >= 4 is 46.6 Å². The Morgan fingerprint density at radius 1 is 1.12 bits per heavy atom. The molecule has 1 aromatic heterocycles. The van der Waals surface area contributed by atoms with Crippen LogP contribution in [0.15, 0.2) is 58.2 Å². The molecule has 0 aliphatic carbocycles. The number of hydrogen-bond donors (Lipinski definition) is 1. The smallest absolute Gasteiger partial charge is 0.277 e. The van der Waals surface area contributed by atoms with Gasteiger partial charge in [-0.15, -0.1) is 10.2 Å². The number of carbonyl (C=O) groups is 1. The summed E-state index contributed by atoms with van der Waals surface area (Å²) in [5.41, 5.74) is 1.32. The molecule has 1 heterocycles. The van der Waals surface area contributed by atoms with Crippen molar-refractivity contribution in [3.05, 3.63) is 58.6 Å². The summed E-state index contributed by atoms with van der Waals surface area (Å²) in [5.74, 6) is 0.169. The lowest BCUT2D eigenvalue weighted by molar-refractivity contribution is -0.115. The lowest BCUT2D eigenvalue weighted by Gasteiger charge is -2.10. The van der Waals surface area contributed by atoms with Crippen LogP contribution in [-0.4, -0.2) is 21.4 Å². The van der Waals surface area contributed by atoms with E-state index in [1.807, 2.05) is 0 Å². The fourth-order valence-corrected chi connectivity index (χ4v) is 2.96. The van der Waals surface area contributed by atoms with Gasteiger partial charge in [-0.25, -0.2) is 0 Å². The molecule has 128 valence electrons. The Morgan fingerprint density at radius 3 is 2.56 bits per heavy atom. The summed E-state index contributed by atoms with van der Waals surface area (Å²) >= 11 is 13.1. The van der Waals surface area contributed by atoms with Gasteiger partial charge in [-0.1, -0.05) is 47.1 Å². The number of amides is 1. The first-order chi connectivity index (χ1) is 12.0. The number of para-hydroxylation sites is 1. The standard InChI is InChI=1S/C17H13Cl2N3O2S/c1-10(15(23)20-14-5-3-2-4-13(14)19)25-17-22-21-16(24-17)11-6-8-12(18)9-7-11/h2-10H,1H3,(H,20,23). The number of nitrogens with zero attached hydrogens (tertiary/aromatic N) is 2. The molecule has 1 N–H and O–H groups in total. The molecule has 0 saturated carbocycles. The zero-order valence-corrected chi connectivity index (χ0v) is 15.4. The minimum absolute atomic E-state index is 0.204. The van der Waals surface area contributed by atoms with E-state index in [2.05, 4.69) is 15.5 Å². The lowest BCUT2D eigenvalue weighted by Crippen LogP contribution is -2.22. The number of halogens is 2. The molecule has 1 amide bonds. The molecule has 0 aliphatic rings. The van der Waals surface area contributed by atoms with Crippen LogP contribution in [0.25, 0.3) is 11.5 Å². The Labute approximate surface area is 158 Å². The van der Waals surface area contributed by atoms with Gasteiger partial charge in [-0.05, 0) is 43.3 Å². The molecule has 0 aliphatic heterocycles. The zero-order valence-electron chi connectivity index (χ0n) is 13.1. The van der Waals surface area contributed by atoms with Gasteiger partial charge >= 0.3 is 0 Å². The van der Waals surface area contributed by atoms with Crippen LogP contribution in [0.3, 0.4) is 0 Å². The Balaban J connectivity index is 1.65. The van der Waals surface area contributed by atoms with Gasteiger partial charge in [0, 0.05) is 10.6 Å². The highest BCUT2D eigenvalue weighted by Crippen LogP contribution is 2.28. The second kappa shape index (κ2) is 7.91. The third kappa shape index (κ3) is 4.54. The molecule has 3 aromatic rings. The predicted molar refractivity (Wildman–Crippen MR) is 100 cm³/mol. The highest BCUT2D eigenvalue weighted by Gasteiger charge is 2.19. The molecule has 0 spiro atoms. The van der Waals surface area contributed by atoms with E-state index in [1.54, 1.807) is 55.5 Å². The molecule has 8 heteroatoms. The first-order valence-electron chi connectivity index (χ1n) is 7.34.